The minimum atomic E-state index is -0.981. The third kappa shape index (κ3) is 3.69. The highest BCUT2D eigenvalue weighted by atomic mass is 79.9. The van der Waals surface area contributed by atoms with E-state index in [1.165, 1.54) is 18.3 Å². The second kappa shape index (κ2) is 6.53. The van der Waals surface area contributed by atoms with Gasteiger partial charge in [0.15, 0.2) is 0 Å². The fraction of sp³-hybridized carbons (Fsp3) is 0.214. The average molecular weight is 353 g/mol. The summed E-state index contributed by atoms with van der Waals surface area (Å²) in [6.45, 7) is 2.47. The Morgan fingerprint density at radius 1 is 1.38 bits per heavy atom. The summed E-state index contributed by atoms with van der Waals surface area (Å²) < 4.78 is 7.16. The molecule has 0 unspecified atom stereocenters. The van der Waals surface area contributed by atoms with Crippen molar-refractivity contribution < 1.29 is 19.4 Å². The Labute approximate surface area is 129 Å². The lowest BCUT2D eigenvalue weighted by molar-refractivity contribution is 0.0525. The first-order valence-electron chi connectivity index (χ1n) is 6.22. The van der Waals surface area contributed by atoms with Crippen LogP contribution in [0.1, 0.15) is 33.2 Å². The van der Waals surface area contributed by atoms with E-state index in [4.69, 9.17) is 9.84 Å². The Hall–Kier alpha value is -2.15. The molecule has 0 saturated carbocycles. The molecule has 0 aliphatic rings. The van der Waals surface area contributed by atoms with Gasteiger partial charge in [0.2, 0.25) is 0 Å². The van der Waals surface area contributed by atoms with Crippen molar-refractivity contribution in [3.05, 3.63) is 51.8 Å². The van der Waals surface area contributed by atoms with Gasteiger partial charge in [-0.15, -0.1) is 0 Å². The highest BCUT2D eigenvalue weighted by Crippen LogP contribution is 2.20. The van der Waals surface area contributed by atoms with Gasteiger partial charge in [-0.05, 0) is 24.6 Å². The molecule has 0 spiro atoms. The number of benzene rings is 1. The van der Waals surface area contributed by atoms with Gasteiger partial charge in [0.25, 0.3) is 0 Å². The van der Waals surface area contributed by atoms with Gasteiger partial charge >= 0.3 is 11.9 Å². The summed E-state index contributed by atoms with van der Waals surface area (Å²) in [6, 6.07) is 4.77. The molecule has 0 amide bonds. The van der Waals surface area contributed by atoms with Crippen molar-refractivity contribution in [3.8, 4) is 0 Å². The number of carboxylic acid groups (broad SMARTS) is 1. The number of aromatic carboxylic acids is 1. The Kier molecular flexibility index (Phi) is 4.74. The highest BCUT2D eigenvalue weighted by molar-refractivity contribution is 9.10. The monoisotopic (exact) mass is 352 g/mol. The number of aromatic nitrogens is 2. The van der Waals surface area contributed by atoms with Crippen LogP contribution in [-0.2, 0) is 11.3 Å². The minimum absolute atomic E-state index is 0.207. The number of nitrogens with zero attached hydrogens (tertiary/aromatic N) is 2. The van der Waals surface area contributed by atoms with Crippen molar-refractivity contribution in [2.75, 3.05) is 6.61 Å². The van der Waals surface area contributed by atoms with E-state index >= 15 is 0 Å². The van der Waals surface area contributed by atoms with Crippen LogP contribution in [0.3, 0.4) is 0 Å². The lowest BCUT2D eigenvalue weighted by Crippen LogP contribution is -2.04. The van der Waals surface area contributed by atoms with Gasteiger partial charge in [0, 0.05) is 10.7 Å². The molecule has 0 radical (unpaired) electrons. The maximum absolute atomic E-state index is 11.5. The summed E-state index contributed by atoms with van der Waals surface area (Å²) in [6.07, 6.45) is 3.03. The van der Waals surface area contributed by atoms with Crippen LogP contribution in [0.5, 0.6) is 0 Å². The van der Waals surface area contributed by atoms with E-state index in [2.05, 4.69) is 21.0 Å². The first kappa shape index (κ1) is 15.2. The normalized spacial score (nSPS) is 10.4. The molecule has 1 heterocycles. The van der Waals surface area contributed by atoms with Gasteiger partial charge in [-0.2, -0.15) is 5.10 Å². The SMILES string of the molecule is CCOC(=O)c1cnn(Cc2ccc(C(=O)O)cc2Br)c1. The molecule has 0 atom stereocenters. The minimum Gasteiger partial charge on any atom is -0.478 e. The smallest absolute Gasteiger partial charge is 0.341 e. The Bertz CT molecular complexity index is 681. The van der Waals surface area contributed by atoms with Crippen molar-refractivity contribution in [1.29, 1.82) is 0 Å². The molecule has 0 fully saturated rings. The number of hydrogen-bond acceptors (Lipinski definition) is 4. The van der Waals surface area contributed by atoms with E-state index in [-0.39, 0.29) is 5.56 Å². The molecule has 6 nitrogen and oxygen atoms in total. The predicted octanol–water partition coefficient (Wildman–Crippen LogP) is 2.57. The first-order valence-corrected chi connectivity index (χ1v) is 7.02. The predicted molar refractivity (Wildman–Crippen MR) is 78.4 cm³/mol. The zero-order valence-electron chi connectivity index (χ0n) is 11.2. The quantitative estimate of drug-likeness (QED) is 0.836. The Morgan fingerprint density at radius 3 is 2.76 bits per heavy atom. The standard InChI is InChI=1S/C14H13BrN2O4/c1-2-21-14(20)11-6-16-17(8-11)7-10-4-3-9(13(18)19)5-12(10)15/h3-6,8H,2,7H2,1H3,(H,18,19). The van der Waals surface area contributed by atoms with Crippen LogP contribution >= 0.6 is 15.9 Å². The lowest BCUT2D eigenvalue weighted by atomic mass is 10.1. The summed E-state index contributed by atoms with van der Waals surface area (Å²) in [4.78, 5) is 22.4. The molecule has 2 aromatic rings. The number of carbonyl (C=O) groups is 2. The topological polar surface area (TPSA) is 81.4 Å². The molecule has 21 heavy (non-hydrogen) atoms. The number of ether oxygens (including phenoxy) is 1. The average Bonchev–Trinajstić information content (AvgIpc) is 2.90. The van der Waals surface area contributed by atoms with Crippen LogP contribution < -0.4 is 0 Å². The number of hydrogen-bond donors (Lipinski definition) is 1. The van der Waals surface area contributed by atoms with Crippen molar-refractivity contribution in [2.45, 2.75) is 13.5 Å². The van der Waals surface area contributed by atoms with Gasteiger partial charge in [0.1, 0.15) is 0 Å². The summed E-state index contributed by atoms with van der Waals surface area (Å²) in [5, 5.41) is 13.0. The second-order valence-corrected chi connectivity index (χ2v) is 5.11. The third-order valence-electron chi connectivity index (χ3n) is 2.78. The number of halogens is 1. The second-order valence-electron chi connectivity index (χ2n) is 4.26. The summed E-state index contributed by atoms with van der Waals surface area (Å²) in [5.41, 5.74) is 1.45. The highest BCUT2D eigenvalue weighted by Gasteiger charge is 2.11. The van der Waals surface area contributed by atoms with E-state index in [1.54, 1.807) is 23.9 Å². The molecule has 0 saturated heterocycles. The zero-order valence-corrected chi connectivity index (χ0v) is 12.8. The van der Waals surface area contributed by atoms with Crippen molar-refractivity contribution in [2.24, 2.45) is 0 Å². The van der Waals surface area contributed by atoms with Gasteiger partial charge in [-0.3, -0.25) is 4.68 Å². The number of carbonyl (C=O) groups excluding carboxylic acids is 1. The first-order chi connectivity index (χ1) is 10.0. The van der Waals surface area contributed by atoms with Gasteiger partial charge in [-0.1, -0.05) is 22.0 Å². The molecular weight excluding hydrogens is 340 g/mol. The van der Waals surface area contributed by atoms with E-state index < -0.39 is 11.9 Å². The van der Waals surface area contributed by atoms with Gasteiger partial charge in [-0.25, -0.2) is 9.59 Å². The van der Waals surface area contributed by atoms with Crippen molar-refractivity contribution >= 4 is 27.9 Å². The van der Waals surface area contributed by atoms with E-state index in [0.29, 0.717) is 23.2 Å². The van der Waals surface area contributed by atoms with E-state index in [1.807, 2.05) is 0 Å². The largest absolute Gasteiger partial charge is 0.478 e. The van der Waals surface area contributed by atoms with E-state index in [0.717, 1.165) is 5.56 Å². The molecular formula is C14H13BrN2O4. The van der Waals surface area contributed by atoms with Crippen LogP contribution in [0.2, 0.25) is 0 Å². The number of rotatable bonds is 5. The molecule has 7 heteroatoms. The fourth-order valence-electron chi connectivity index (χ4n) is 1.75. The van der Waals surface area contributed by atoms with Crippen LogP contribution in [0, 0.1) is 0 Å². The van der Waals surface area contributed by atoms with E-state index in [9.17, 15) is 9.59 Å². The maximum Gasteiger partial charge on any atom is 0.341 e. The Balaban J connectivity index is 2.15. The van der Waals surface area contributed by atoms with Crippen LogP contribution in [0.15, 0.2) is 35.1 Å². The van der Waals surface area contributed by atoms with Gasteiger partial charge < -0.3 is 9.84 Å². The van der Waals surface area contributed by atoms with Crippen LogP contribution in [0.25, 0.3) is 0 Å². The van der Waals surface area contributed by atoms with Gasteiger partial charge in [0.05, 0.1) is 30.5 Å². The number of esters is 1. The fourth-order valence-corrected chi connectivity index (χ4v) is 2.26. The molecule has 1 aromatic heterocycles. The summed E-state index contributed by atoms with van der Waals surface area (Å²) >= 11 is 3.34. The van der Waals surface area contributed by atoms with Crippen molar-refractivity contribution in [1.82, 2.24) is 9.78 Å². The van der Waals surface area contributed by atoms with Crippen molar-refractivity contribution in [3.63, 3.8) is 0 Å². The molecule has 0 bridgehead atoms. The Morgan fingerprint density at radius 2 is 2.14 bits per heavy atom. The molecule has 0 aliphatic heterocycles. The molecule has 1 N–H and O–H groups in total. The van der Waals surface area contributed by atoms with Crippen LogP contribution in [-0.4, -0.2) is 33.4 Å². The maximum atomic E-state index is 11.5. The molecule has 1 aromatic carbocycles. The lowest BCUT2D eigenvalue weighted by Gasteiger charge is -2.06. The van der Waals surface area contributed by atoms with Crippen LogP contribution in [0.4, 0.5) is 0 Å². The molecule has 110 valence electrons. The number of carboxylic acids is 1. The summed E-state index contributed by atoms with van der Waals surface area (Å²) in [7, 11) is 0. The summed E-state index contributed by atoms with van der Waals surface area (Å²) in [5.74, 6) is -1.39. The third-order valence-corrected chi connectivity index (χ3v) is 3.51. The molecule has 0 aliphatic carbocycles. The molecule has 2 rings (SSSR count). The zero-order chi connectivity index (χ0) is 15.4.